The topological polar surface area (TPSA) is 80.7 Å². The van der Waals surface area contributed by atoms with Crippen LogP contribution in [0, 0.1) is 12.7 Å². The smallest absolute Gasteiger partial charge is 0.220 e. The van der Waals surface area contributed by atoms with Crippen LogP contribution in [0.1, 0.15) is 29.7 Å². The summed E-state index contributed by atoms with van der Waals surface area (Å²) in [6.45, 7) is 2.06. The van der Waals surface area contributed by atoms with Crippen LogP contribution in [0.4, 0.5) is 4.39 Å². The zero-order valence-corrected chi connectivity index (χ0v) is 17.2. The van der Waals surface area contributed by atoms with Crippen molar-refractivity contribution in [2.75, 3.05) is 0 Å². The van der Waals surface area contributed by atoms with Gasteiger partial charge in [0.25, 0.3) is 0 Å². The summed E-state index contributed by atoms with van der Waals surface area (Å²) in [6, 6.07) is 12.6. The van der Waals surface area contributed by atoms with E-state index in [9.17, 15) is 9.18 Å². The lowest BCUT2D eigenvalue weighted by Crippen LogP contribution is -2.22. The molecule has 1 aromatic carbocycles. The van der Waals surface area contributed by atoms with E-state index in [0.29, 0.717) is 30.8 Å². The highest BCUT2D eigenvalue weighted by molar-refractivity contribution is 5.76. The number of aromatic nitrogens is 4. The summed E-state index contributed by atoms with van der Waals surface area (Å²) in [5.41, 5.74) is 3.76. The number of aryl methyl sites for hydroxylation is 2. The molecular formula is C24H22FN5O. The van der Waals surface area contributed by atoms with Gasteiger partial charge in [-0.1, -0.05) is 0 Å². The second-order valence-corrected chi connectivity index (χ2v) is 7.36. The highest BCUT2D eigenvalue weighted by atomic mass is 19.1. The van der Waals surface area contributed by atoms with E-state index < -0.39 is 0 Å². The average Bonchev–Trinajstić information content (AvgIpc) is 2.80. The average molecular weight is 415 g/mol. The van der Waals surface area contributed by atoms with Gasteiger partial charge in [-0.2, -0.15) is 0 Å². The first-order chi connectivity index (χ1) is 15.1. The minimum absolute atomic E-state index is 0.0304. The Balaban J connectivity index is 1.25. The van der Waals surface area contributed by atoms with Gasteiger partial charge in [-0.3, -0.25) is 4.79 Å². The molecule has 31 heavy (non-hydrogen) atoms. The molecule has 0 radical (unpaired) electrons. The quantitative estimate of drug-likeness (QED) is 0.490. The molecule has 0 aliphatic rings. The van der Waals surface area contributed by atoms with Gasteiger partial charge < -0.3 is 5.32 Å². The predicted octanol–water partition coefficient (Wildman–Crippen LogP) is 4.17. The summed E-state index contributed by atoms with van der Waals surface area (Å²) in [6.07, 6.45) is 6.91. The lowest BCUT2D eigenvalue weighted by molar-refractivity contribution is -0.121. The van der Waals surface area contributed by atoms with Gasteiger partial charge in [-0.15, -0.1) is 0 Å². The van der Waals surface area contributed by atoms with E-state index in [-0.39, 0.29) is 11.7 Å². The second kappa shape index (κ2) is 9.38. The molecule has 0 bridgehead atoms. The van der Waals surface area contributed by atoms with E-state index >= 15 is 0 Å². The number of halogens is 1. The second-order valence-electron chi connectivity index (χ2n) is 7.36. The number of carbonyl (C=O) groups is 1. The van der Waals surface area contributed by atoms with Crippen molar-refractivity contribution in [3.63, 3.8) is 0 Å². The molecule has 7 heteroatoms. The van der Waals surface area contributed by atoms with Crippen molar-refractivity contribution in [3.05, 3.63) is 83.7 Å². The molecule has 3 heterocycles. The summed E-state index contributed by atoms with van der Waals surface area (Å²) in [7, 11) is 0. The molecule has 6 nitrogen and oxygen atoms in total. The Hall–Kier alpha value is -3.74. The lowest BCUT2D eigenvalue weighted by atomic mass is 10.1. The van der Waals surface area contributed by atoms with Gasteiger partial charge in [-0.05, 0) is 67.8 Å². The van der Waals surface area contributed by atoms with Crippen LogP contribution in [-0.2, 0) is 17.8 Å². The Kier molecular flexibility index (Phi) is 6.21. The molecule has 1 amide bonds. The molecule has 0 saturated heterocycles. The highest BCUT2D eigenvalue weighted by Gasteiger charge is 2.07. The summed E-state index contributed by atoms with van der Waals surface area (Å²) in [4.78, 5) is 29.6. The number of nitrogens with one attached hydrogen (secondary N) is 1. The Morgan fingerprint density at radius 1 is 1.06 bits per heavy atom. The van der Waals surface area contributed by atoms with Crippen LogP contribution in [0.25, 0.3) is 22.4 Å². The minimum Gasteiger partial charge on any atom is -0.352 e. The van der Waals surface area contributed by atoms with E-state index in [1.54, 1.807) is 37.6 Å². The van der Waals surface area contributed by atoms with Gasteiger partial charge in [0, 0.05) is 53.8 Å². The number of benzene rings is 1. The molecule has 156 valence electrons. The fraction of sp³-hybridized carbons (Fsp3) is 0.208. The number of hydrogen-bond donors (Lipinski definition) is 1. The van der Waals surface area contributed by atoms with Gasteiger partial charge in [0.2, 0.25) is 5.91 Å². The minimum atomic E-state index is -0.254. The third-order valence-electron chi connectivity index (χ3n) is 4.97. The van der Waals surface area contributed by atoms with E-state index in [0.717, 1.165) is 34.3 Å². The van der Waals surface area contributed by atoms with Crippen molar-refractivity contribution in [3.8, 4) is 11.4 Å². The maximum Gasteiger partial charge on any atom is 0.220 e. The molecule has 0 aliphatic carbocycles. The molecule has 0 saturated carbocycles. The van der Waals surface area contributed by atoms with Gasteiger partial charge in [0.1, 0.15) is 5.82 Å². The number of carbonyl (C=O) groups excluding carboxylic acids is 1. The molecule has 0 atom stereocenters. The molecule has 0 unspecified atom stereocenters. The third kappa shape index (κ3) is 5.25. The van der Waals surface area contributed by atoms with Crippen LogP contribution in [0.15, 0.2) is 61.1 Å². The Morgan fingerprint density at radius 2 is 1.90 bits per heavy atom. The summed E-state index contributed by atoms with van der Waals surface area (Å²) >= 11 is 0. The number of amides is 1. The standard InChI is InChI=1S/C24H22FN5O/c1-16-12-19(8-10-21(16)25)23-28-14-17(15-29-23)13-27-22(31)6-2-5-20-9-7-18-4-3-11-26-24(18)30-20/h3-4,7-12,14-15H,2,5-6,13H2,1H3,(H,27,31). The van der Waals surface area contributed by atoms with E-state index in [1.165, 1.54) is 6.07 Å². The number of pyridine rings is 2. The fourth-order valence-electron chi connectivity index (χ4n) is 3.23. The summed E-state index contributed by atoms with van der Waals surface area (Å²) in [5.74, 6) is 0.240. The monoisotopic (exact) mass is 415 g/mol. The van der Waals surface area contributed by atoms with Gasteiger partial charge in [0.15, 0.2) is 11.5 Å². The van der Waals surface area contributed by atoms with Crippen molar-refractivity contribution in [1.29, 1.82) is 0 Å². The number of hydrogen-bond acceptors (Lipinski definition) is 5. The lowest BCUT2D eigenvalue weighted by Gasteiger charge is -2.07. The van der Waals surface area contributed by atoms with Crippen LogP contribution in [-0.4, -0.2) is 25.8 Å². The Bertz CT molecular complexity index is 1210. The molecule has 4 aromatic rings. The first-order valence-electron chi connectivity index (χ1n) is 10.1. The van der Waals surface area contributed by atoms with E-state index in [2.05, 4.69) is 25.3 Å². The molecular weight excluding hydrogens is 393 g/mol. The molecule has 3 aromatic heterocycles. The number of fused-ring (bicyclic) bond motifs is 1. The molecule has 4 rings (SSSR count). The van der Waals surface area contributed by atoms with Crippen LogP contribution in [0.3, 0.4) is 0 Å². The Labute approximate surface area is 179 Å². The van der Waals surface area contributed by atoms with Crippen LogP contribution in [0.2, 0.25) is 0 Å². The molecule has 1 N–H and O–H groups in total. The van der Waals surface area contributed by atoms with Crippen molar-refractivity contribution in [1.82, 2.24) is 25.3 Å². The van der Waals surface area contributed by atoms with Crippen molar-refractivity contribution in [2.24, 2.45) is 0 Å². The third-order valence-corrected chi connectivity index (χ3v) is 4.97. The van der Waals surface area contributed by atoms with E-state index in [4.69, 9.17) is 0 Å². The summed E-state index contributed by atoms with van der Waals surface area (Å²) < 4.78 is 13.4. The summed E-state index contributed by atoms with van der Waals surface area (Å²) in [5, 5.41) is 3.90. The van der Waals surface area contributed by atoms with Crippen molar-refractivity contribution >= 4 is 16.9 Å². The largest absolute Gasteiger partial charge is 0.352 e. The van der Waals surface area contributed by atoms with Crippen LogP contribution >= 0.6 is 0 Å². The first kappa shape index (κ1) is 20.5. The molecule has 0 fully saturated rings. The van der Waals surface area contributed by atoms with Gasteiger partial charge in [0.05, 0.1) is 0 Å². The van der Waals surface area contributed by atoms with Gasteiger partial charge in [-0.25, -0.2) is 24.3 Å². The van der Waals surface area contributed by atoms with Crippen LogP contribution in [0.5, 0.6) is 0 Å². The highest BCUT2D eigenvalue weighted by Crippen LogP contribution is 2.18. The van der Waals surface area contributed by atoms with Crippen molar-refractivity contribution < 1.29 is 9.18 Å². The maximum atomic E-state index is 13.4. The fourth-order valence-corrected chi connectivity index (χ4v) is 3.23. The zero-order chi connectivity index (χ0) is 21.6. The van der Waals surface area contributed by atoms with Crippen LogP contribution < -0.4 is 5.32 Å². The zero-order valence-electron chi connectivity index (χ0n) is 17.2. The molecule has 0 spiro atoms. The maximum absolute atomic E-state index is 13.4. The van der Waals surface area contributed by atoms with Gasteiger partial charge >= 0.3 is 0 Å². The van der Waals surface area contributed by atoms with Crippen molar-refractivity contribution in [2.45, 2.75) is 32.7 Å². The first-order valence-corrected chi connectivity index (χ1v) is 10.1. The number of nitrogens with zero attached hydrogens (tertiary/aromatic N) is 4. The van der Waals surface area contributed by atoms with E-state index in [1.807, 2.05) is 24.3 Å². The predicted molar refractivity (Wildman–Crippen MR) is 116 cm³/mol. The molecule has 0 aliphatic heterocycles. The Morgan fingerprint density at radius 3 is 2.71 bits per heavy atom. The number of rotatable bonds is 7. The normalized spacial score (nSPS) is 10.9. The SMILES string of the molecule is Cc1cc(-c2ncc(CNC(=O)CCCc3ccc4cccnc4n3)cn2)ccc1F.